The number of fused-ring (bicyclic) bond motifs is 1. The second kappa shape index (κ2) is 8.25. The molecule has 1 heterocycles. The van der Waals surface area contributed by atoms with E-state index in [1.165, 1.54) is 19.2 Å². The van der Waals surface area contributed by atoms with E-state index in [9.17, 15) is 4.79 Å². The van der Waals surface area contributed by atoms with Gasteiger partial charge in [-0.25, -0.2) is 9.78 Å². The Hall–Kier alpha value is -2.15. The summed E-state index contributed by atoms with van der Waals surface area (Å²) in [7, 11) is 1.44. The smallest absolute Gasteiger partial charge is 0.342 e. The fourth-order valence-electron chi connectivity index (χ4n) is 2.51. The van der Waals surface area contributed by atoms with E-state index < -0.39 is 5.97 Å². The number of thioether (sulfide) groups is 1. The molecule has 0 fully saturated rings. The van der Waals surface area contributed by atoms with Gasteiger partial charge in [0.2, 0.25) is 0 Å². The van der Waals surface area contributed by atoms with Crippen molar-refractivity contribution in [2.45, 2.75) is 11.5 Å². The first-order valence-corrected chi connectivity index (χ1v) is 9.84. The summed E-state index contributed by atoms with van der Waals surface area (Å²) < 4.78 is 10.6. The van der Waals surface area contributed by atoms with E-state index in [4.69, 9.17) is 38.4 Å². The third kappa shape index (κ3) is 4.24. The Morgan fingerprint density at radius 1 is 1.22 bits per heavy atom. The lowest BCUT2D eigenvalue weighted by molar-refractivity contribution is 0.0469. The predicted octanol–water partition coefficient (Wildman–Crippen LogP) is 5.21. The van der Waals surface area contributed by atoms with E-state index in [1.807, 2.05) is 30.5 Å². The fraction of sp³-hybridized carbons (Fsp3) is 0.158. The number of nitrogens with two attached hydrogens (primary N) is 1. The number of carbonyl (C=O) groups is 1. The van der Waals surface area contributed by atoms with Crippen molar-refractivity contribution in [3.05, 3.63) is 57.7 Å². The van der Waals surface area contributed by atoms with Crippen LogP contribution >= 0.6 is 35.0 Å². The molecule has 0 spiro atoms. The molecule has 140 valence electrons. The number of aromatic nitrogens is 1. The van der Waals surface area contributed by atoms with Gasteiger partial charge in [-0.15, -0.1) is 11.8 Å². The molecule has 0 amide bonds. The summed E-state index contributed by atoms with van der Waals surface area (Å²) in [6, 6.07) is 10.7. The van der Waals surface area contributed by atoms with Crippen molar-refractivity contribution in [3.63, 3.8) is 0 Å². The van der Waals surface area contributed by atoms with Gasteiger partial charge >= 0.3 is 5.97 Å². The van der Waals surface area contributed by atoms with E-state index in [-0.39, 0.29) is 28.1 Å². The Balaban J connectivity index is 1.83. The summed E-state index contributed by atoms with van der Waals surface area (Å²) in [5, 5.41) is 1.45. The minimum absolute atomic E-state index is 0.0317. The maximum Gasteiger partial charge on any atom is 0.342 e. The van der Waals surface area contributed by atoms with Crippen molar-refractivity contribution in [1.29, 1.82) is 0 Å². The third-order valence-corrected chi connectivity index (χ3v) is 5.33. The molecule has 0 aliphatic carbocycles. The molecule has 0 saturated heterocycles. The number of esters is 1. The third-order valence-electron chi connectivity index (χ3n) is 3.95. The van der Waals surface area contributed by atoms with Crippen LogP contribution in [0.4, 0.5) is 5.69 Å². The lowest BCUT2D eigenvalue weighted by atomic mass is 10.1. The second-order valence-electron chi connectivity index (χ2n) is 5.65. The zero-order chi connectivity index (χ0) is 19.6. The number of hydrogen-bond donors (Lipinski definition) is 1. The molecule has 0 unspecified atom stereocenters. The number of pyridine rings is 1. The number of nitrogen functional groups attached to an aromatic ring is 1. The number of halogens is 2. The summed E-state index contributed by atoms with van der Waals surface area (Å²) in [4.78, 5) is 17.9. The lowest BCUT2D eigenvalue weighted by Crippen LogP contribution is -2.08. The number of hydrogen-bond acceptors (Lipinski definition) is 6. The van der Waals surface area contributed by atoms with Gasteiger partial charge in [-0.1, -0.05) is 29.3 Å². The van der Waals surface area contributed by atoms with Crippen LogP contribution in [0.5, 0.6) is 5.75 Å². The quantitative estimate of drug-likeness (QED) is 0.263. The molecule has 8 heteroatoms. The van der Waals surface area contributed by atoms with Gasteiger partial charge in [0.1, 0.15) is 23.1 Å². The molecule has 0 radical (unpaired) electrons. The molecular formula is C19H16Cl2N2O3S. The average molecular weight is 423 g/mol. The first-order valence-electron chi connectivity index (χ1n) is 7.86. The molecule has 3 aromatic rings. The van der Waals surface area contributed by atoms with E-state index in [1.54, 1.807) is 11.8 Å². The van der Waals surface area contributed by atoms with Crippen LogP contribution < -0.4 is 10.5 Å². The minimum atomic E-state index is -0.595. The maximum atomic E-state index is 12.5. The first kappa shape index (κ1) is 19.6. The maximum absolute atomic E-state index is 12.5. The summed E-state index contributed by atoms with van der Waals surface area (Å²) in [6.45, 7) is -0.0317. The van der Waals surface area contributed by atoms with Gasteiger partial charge in [0, 0.05) is 21.9 Å². The van der Waals surface area contributed by atoms with Crippen molar-refractivity contribution >= 4 is 57.5 Å². The highest BCUT2D eigenvalue weighted by Gasteiger charge is 2.17. The van der Waals surface area contributed by atoms with Gasteiger partial charge in [-0.2, -0.15) is 0 Å². The molecule has 0 atom stereocenters. The van der Waals surface area contributed by atoms with Crippen LogP contribution in [0, 0.1) is 0 Å². The topological polar surface area (TPSA) is 74.4 Å². The van der Waals surface area contributed by atoms with Crippen LogP contribution in [0.15, 0.2) is 41.3 Å². The van der Waals surface area contributed by atoms with Crippen molar-refractivity contribution in [3.8, 4) is 5.75 Å². The highest BCUT2D eigenvalue weighted by Crippen LogP contribution is 2.30. The van der Waals surface area contributed by atoms with E-state index in [0.717, 1.165) is 15.8 Å². The zero-order valence-corrected chi connectivity index (χ0v) is 16.9. The first-order chi connectivity index (χ1) is 12.9. The Morgan fingerprint density at radius 2 is 2.00 bits per heavy atom. The standard InChI is InChI=1S/C19H16Cl2N2O3S/c1-25-17-8-15(22)14(20)7-13(17)19(24)26-9-11-5-10-3-4-12(27-2)6-16(10)23-18(11)21/h3-8H,9,22H2,1-2H3. The summed E-state index contributed by atoms with van der Waals surface area (Å²) in [5.41, 5.74) is 7.63. The Kier molecular flexibility index (Phi) is 5.99. The molecule has 1 aromatic heterocycles. The van der Waals surface area contributed by atoms with Gasteiger partial charge < -0.3 is 15.2 Å². The van der Waals surface area contributed by atoms with Crippen LogP contribution in [-0.4, -0.2) is 24.3 Å². The summed E-state index contributed by atoms with van der Waals surface area (Å²) in [6.07, 6.45) is 1.99. The van der Waals surface area contributed by atoms with Gasteiger partial charge in [-0.3, -0.25) is 0 Å². The number of benzene rings is 2. The summed E-state index contributed by atoms with van der Waals surface area (Å²) in [5.74, 6) is -0.308. The molecule has 2 N–H and O–H groups in total. The van der Waals surface area contributed by atoms with Gasteiger partial charge in [-0.05, 0) is 30.5 Å². The Bertz CT molecular complexity index is 1030. The normalized spacial score (nSPS) is 10.8. The largest absolute Gasteiger partial charge is 0.496 e. The number of methoxy groups -OCH3 is 1. The summed E-state index contributed by atoms with van der Waals surface area (Å²) >= 11 is 13.9. The van der Waals surface area contributed by atoms with Gasteiger partial charge in [0.15, 0.2) is 0 Å². The molecule has 2 aromatic carbocycles. The number of carbonyl (C=O) groups excluding carboxylic acids is 1. The highest BCUT2D eigenvalue weighted by atomic mass is 35.5. The lowest BCUT2D eigenvalue weighted by Gasteiger charge is -2.12. The Labute approximate surface area is 170 Å². The van der Waals surface area contributed by atoms with Crippen molar-refractivity contribution in [1.82, 2.24) is 4.98 Å². The number of nitrogens with zero attached hydrogens (tertiary/aromatic N) is 1. The number of rotatable bonds is 5. The average Bonchev–Trinajstić information content (AvgIpc) is 2.67. The second-order valence-corrected chi connectivity index (χ2v) is 7.29. The molecule has 0 aliphatic heterocycles. The molecular weight excluding hydrogens is 407 g/mol. The van der Waals surface area contributed by atoms with Crippen LogP contribution in [0.25, 0.3) is 10.9 Å². The van der Waals surface area contributed by atoms with Gasteiger partial charge in [0.25, 0.3) is 0 Å². The van der Waals surface area contributed by atoms with Crippen LogP contribution in [-0.2, 0) is 11.3 Å². The SMILES string of the molecule is COc1cc(N)c(Cl)cc1C(=O)OCc1cc2ccc(SC)cc2nc1Cl. The number of anilines is 1. The monoisotopic (exact) mass is 422 g/mol. The van der Waals surface area contributed by atoms with Crippen LogP contribution in [0.3, 0.4) is 0 Å². The molecule has 27 heavy (non-hydrogen) atoms. The van der Waals surface area contributed by atoms with Crippen molar-refractivity contribution in [2.75, 3.05) is 19.1 Å². The van der Waals surface area contributed by atoms with E-state index >= 15 is 0 Å². The molecule has 5 nitrogen and oxygen atoms in total. The minimum Gasteiger partial charge on any atom is -0.496 e. The molecule has 0 aliphatic rings. The molecule has 3 rings (SSSR count). The van der Waals surface area contributed by atoms with Crippen LogP contribution in [0.1, 0.15) is 15.9 Å². The fourth-order valence-corrected chi connectivity index (χ4v) is 3.31. The van der Waals surface area contributed by atoms with E-state index in [2.05, 4.69) is 4.98 Å². The number of ether oxygens (including phenoxy) is 2. The van der Waals surface area contributed by atoms with Gasteiger partial charge in [0.05, 0.1) is 23.3 Å². The molecule has 0 saturated carbocycles. The van der Waals surface area contributed by atoms with Crippen molar-refractivity contribution < 1.29 is 14.3 Å². The van der Waals surface area contributed by atoms with E-state index in [0.29, 0.717) is 11.3 Å². The highest BCUT2D eigenvalue weighted by molar-refractivity contribution is 7.98. The molecule has 0 bridgehead atoms. The van der Waals surface area contributed by atoms with Crippen LogP contribution in [0.2, 0.25) is 10.2 Å². The Morgan fingerprint density at radius 3 is 2.70 bits per heavy atom. The van der Waals surface area contributed by atoms with Crippen molar-refractivity contribution in [2.24, 2.45) is 0 Å². The zero-order valence-electron chi connectivity index (χ0n) is 14.6. The predicted molar refractivity (Wildman–Crippen MR) is 110 cm³/mol.